The van der Waals surface area contributed by atoms with E-state index in [1.165, 1.54) is 12.1 Å². The maximum Gasteiger partial charge on any atom is 0.324 e. The van der Waals surface area contributed by atoms with Crippen LogP contribution in [-0.2, 0) is 0 Å². The number of hydrogen-bond donors (Lipinski definition) is 3. The van der Waals surface area contributed by atoms with Crippen LogP contribution in [0.1, 0.15) is 0 Å². The van der Waals surface area contributed by atoms with E-state index in [-0.39, 0.29) is 11.8 Å². The molecule has 0 aliphatic heterocycles. The third kappa shape index (κ3) is 4.30. The average molecular weight is 322 g/mol. The quantitative estimate of drug-likeness (QED) is 0.657. The van der Waals surface area contributed by atoms with Gasteiger partial charge in [0.2, 0.25) is 0 Å². The van der Waals surface area contributed by atoms with E-state index in [0.717, 1.165) is 0 Å². The molecule has 2 aromatic carbocycles. The highest BCUT2D eigenvalue weighted by atomic mass is 19.1. The third-order valence-electron chi connectivity index (χ3n) is 3.15. The molecular weight excluding hydrogens is 307 g/mol. The minimum Gasteiger partial charge on any atom is -0.354 e. The highest BCUT2D eigenvalue weighted by Gasteiger charge is 2.04. The van der Waals surface area contributed by atoms with Crippen LogP contribution >= 0.6 is 0 Å². The molecule has 0 atom stereocenters. The summed E-state index contributed by atoms with van der Waals surface area (Å²) < 4.78 is 13.1. The molecular formula is C18H15FN4O. The van der Waals surface area contributed by atoms with Crippen molar-refractivity contribution in [2.24, 2.45) is 0 Å². The van der Waals surface area contributed by atoms with Crippen LogP contribution in [0.5, 0.6) is 0 Å². The summed E-state index contributed by atoms with van der Waals surface area (Å²) in [5.74, 6) is 0.0945. The van der Waals surface area contributed by atoms with E-state index in [2.05, 4.69) is 20.9 Å². The monoisotopic (exact) mass is 322 g/mol. The molecule has 3 rings (SSSR count). The Hall–Kier alpha value is -3.41. The van der Waals surface area contributed by atoms with Gasteiger partial charge in [-0.3, -0.25) is 5.32 Å². The number of aromatic nitrogens is 1. The lowest BCUT2D eigenvalue weighted by Crippen LogP contribution is -2.19. The van der Waals surface area contributed by atoms with E-state index in [1.54, 1.807) is 42.6 Å². The van der Waals surface area contributed by atoms with Gasteiger partial charge in [0, 0.05) is 11.4 Å². The van der Waals surface area contributed by atoms with Crippen molar-refractivity contribution >= 4 is 28.9 Å². The molecule has 0 saturated heterocycles. The average Bonchev–Trinajstić information content (AvgIpc) is 2.57. The Morgan fingerprint density at radius 1 is 0.833 bits per heavy atom. The van der Waals surface area contributed by atoms with Crippen molar-refractivity contribution in [3.05, 3.63) is 78.7 Å². The second-order valence-corrected chi connectivity index (χ2v) is 5.01. The Morgan fingerprint density at radius 3 is 2.33 bits per heavy atom. The fourth-order valence-electron chi connectivity index (χ4n) is 2.07. The summed E-state index contributed by atoms with van der Waals surface area (Å²) in [5, 5.41) is 8.38. The number of nitrogens with one attached hydrogen (secondary N) is 3. The van der Waals surface area contributed by atoms with Gasteiger partial charge in [0.25, 0.3) is 0 Å². The molecule has 3 aromatic rings. The molecule has 0 saturated carbocycles. The van der Waals surface area contributed by atoms with Crippen molar-refractivity contribution in [3.63, 3.8) is 0 Å². The van der Waals surface area contributed by atoms with Gasteiger partial charge in [-0.05, 0) is 42.5 Å². The smallest absolute Gasteiger partial charge is 0.324 e. The van der Waals surface area contributed by atoms with Crippen LogP contribution in [0.15, 0.2) is 72.9 Å². The normalized spacial score (nSPS) is 10.0. The van der Waals surface area contributed by atoms with E-state index in [9.17, 15) is 9.18 Å². The van der Waals surface area contributed by atoms with Crippen LogP contribution in [0.2, 0.25) is 0 Å². The van der Waals surface area contributed by atoms with Crippen molar-refractivity contribution in [1.82, 2.24) is 4.98 Å². The van der Waals surface area contributed by atoms with E-state index in [0.29, 0.717) is 22.9 Å². The van der Waals surface area contributed by atoms with E-state index >= 15 is 0 Å². The van der Waals surface area contributed by atoms with Gasteiger partial charge in [0.15, 0.2) is 0 Å². The number of anilines is 4. The topological polar surface area (TPSA) is 66.1 Å². The Kier molecular flexibility index (Phi) is 4.67. The summed E-state index contributed by atoms with van der Waals surface area (Å²) in [7, 11) is 0. The number of carbonyl (C=O) groups excluding carboxylic acids is 1. The molecule has 0 aliphatic carbocycles. The Morgan fingerprint density at radius 2 is 1.62 bits per heavy atom. The fourth-order valence-corrected chi connectivity index (χ4v) is 2.07. The summed E-state index contributed by atoms with van der Waals surface area (Å²) in [6.45, 7) is 0. The predicted octanol–water partition coefficient (Wildman–Crippen LogP) is 4.61. The zero-order valence-corrected chi connectivity index (χ0v) is 12.7. The van der Waals surface area contributed by atoms with Gasteiger partial charge in [-0.2, -0.15) is 0 Å². The summed E-state index contributed by atoms with van der Waals surface area (Å²) in [5.41, 5.74) is 2.01. The molecule has 2 amide bonds. The summed E-state index contributed by atoms with van der Waals surface area (Å²) in [4.78, 5) is 16.0. The summed E-state index contributed by atoms with van der Waals surface area (Å²) >= 11 is 0. The Labute approximate surface area is 138 Å². The lowest BCUT2D eigenvalue weighted by Gasteiger charge is -2.09. The number of halogens is 1. The second-order valence-electron chi connectivity index (χ2n) is 5.01. The molecule has 0 radical (unpaired) electrons. The predicted molar refractivity (Wildman–Crippen MR) is 93.0 cm³/mol. The first-order valence-electron chi connectivity index (χ1n) is 7.31. The van der Waals surface area contributed by atoms with Gasteiger partial charge < -0.3 is 10.6 Å². The van der Waals surface area contributed by atoms with Crippen LogP contribution in [-0.4, -0.2) is 11.0 Å². The molecule has 6 heteroatoms. The number of rotatable bonds is 4. The second kappa shape index (κ2) is 7.23. The number of urea groups is 1. The Balaban J connectivity index is 1.59. The molecule has 3 N–H and O–H groups in total. The van der Waals surface area contributed by atoms with Crippen LogP contribution < -0.4 is 16.0 Å². The van der Waals surface area contributed by atoms with Gasteiger partial charge in [0.05, 0.1) is 11.9 Å². The minimum absolute atomic E-state index is 0.316. The number of carbonyl (C=O) groups is 1. The zero-order valence-electron chi connectivity index (χ0n) is 12.7. The third-order valence-corrected chi connectivity index (χ3v) is 3.15. The van der Waals surface area contributed by atoms with Gasteiger partial charge in [-0.25, -0.2) is 14.2 Å². The molecule has 0 spiro atoms. The molecule has 0 fully saturated rings. The van der Waals surface area contributed by atoms with E-state index < -0.39 is 0 Å². The number of hydrogen-bond acceptors (Lipinski definition) is 3. The first kappa shape index (κ1) is 15.5. The first-order valence-corrected chi connectivity index (χ1v) is 7.31. The molecule has 120 valence electrons. The van der Waals surface area contributed by atoms with Crippen molar-refractivity contribution in [2.75, 3.05) is 16.0 Å². The number of nitrogens with zero attached hydrogens (tertiary/aromatic N) is 1. The SMILES string of the molecule is O=C(Nc1ccccc1)Nc1ccc(Nc2cccc(F)c2)cn1. The fraction of sp³-hybridized carbons (Fsp3) is 0. The lowest BCUT2D eigenvalue weighted by atomic mass is 10.3. The maximum atomic E-state index is 13.1. The zero-order chi connectivity index (χ0) is 16.8. The number of para-hydroxylation sites is 1. The number of benzene rings is 2. The van der Waals surface area contributed by atoms with Gasteiger partial charge >= 0.3 is 6.03 Å². The van der Waals surface area contributed by atoms with Crippen LogP contribution in [0, 0.1) is 5.82 Å². The van der Waals surface area contributed by atoms with Crippen LogP contribution in [0.4, 0.5) is 32.1 Å². The molecule has 1 aromatic heterocycles. The largest absolute Gasteiger partial charge is 0.354 e. The minimum atomic E-state index is -0.375. The molecule has 0 unspecified atom stereocenters. The first-order chi connectivity index (χ1) is 11.7. The van der Waals surface area contributed by atoms with Crippen molar-refractivity contribution in [1.29, 1.82) is 0 Å². The molecule has 0 bridgehead atoms. The summed E-state index contributed by atoms with van der Waals surface area (Å²) in [6, 6.07) is 18.3. The maximum absolute atomic E-state index is 13.1. The highest BCUT2D eigenvalue weighted by molar-refractivity contribution is 5.99. The van der Waals surface area contributed by atoms with Crippen molar-refractivity contribution in [2.45, 2.75) is 0 Å². The molecule has 1 heterocycles. The van der Waals surface area contributed by atoms with Crippen LogP contribution in [0.25, 0.3) is 0 Å². The highest BCUT2D eigenvalue weighted by Crippen LogP contribution is 2.17. The van der Waals surface area contributed by atoms with Gasteiger partial charge in [0.1, 0.15) is 11.6 Å². The Bertz CT molecular complexity index is 822. The molecule has 24 heavy (non-hydrogen) atoms. The van der Waals surface area contributed by atoms with Gasteiger partial charge in [-0.15, -0.1) is 0 Å². The lowest BCUT2D eigenvalue weighted by molar-refractivity contribution is 0.262. The number of amides is 2. The molecule has 0 aliphatic rings. The van der Waals surface area contributed by atoms with E-state index in [4.69, 9.17) is 0 Å². The van der Waals surface area contributed by atoms with Crippen molar-refractivity contribution < 1.29 is 9.18 Å². The number of pyridine rings is 1. The van der Waals surface area contributed by atoms with E-state index in [1.807, 2.05) is 18.2 Å². The van der Waals surface area contributed by atoms with Crippen molar-refractivity contribution in [3.8, 4) is 0 Å². The standard InChI is InChI=1S/C18H15FN4O/c19-13-5-4-8-15(11-13)21-16-9-10-17(20-12-16)23-18(24)22-14-6-2-1-3-7-14/h1-12,21H,(H2,20,22,23,24). The van der Waals surface area contributed by atoms with Crippen LogP contribution in [0.3, 0.4) is 0 Å². The molecule has 5 nitrogen and oxygen atoms in total. The summed E-state index contributed by atoms with van der Waals surface area (Å²) in [6.07, 6.45) is 1.56. The van der Waals surface area contributed by atoms with Gasteiger partial charge in [-0.1, -0.05) is 24.3 Å².